The number of methoxy groups -OCH3 is 2. The van der Waals surface area contributed by atoms with Gasteiger partial charge in [-0.3, -0.25) is 4.79 Å². The molecule has 1 aromatic heterocycles. The minimum atomic E-state index is -0.334. The third kappa shape index (κ3) is 3.40. The van der Waals surface area contributed by atoms with Crippen LogP contribution in [0, 0.1) is 5.82 Å². The van der Waals surface area contributed by atoms with E-state index in [4.69, 9.17) is 9.47 Å². The number of hydrogen-bond acceptors (Lipinski definition) is 4. The molecule has 0 spiro atoms. The molecule has 0 aliphatic rings. The van der Waals surface area contributed by atoms with Crippen molar-refractivity contribution in [2.45, 2.75) is 19.6 Å². The van der Waals surface area contributed by atoms with Gasteiger partial charge in [-0.2, -0.15) is 0 Å². The van der Waals surface area contributed by atoms with Crippen LogP contribution < -0.4 is 5.32 Å². The van der Waals surface area contributed by atoms with Crippen molar-refractivity contribution in [2.24, 2.45) is 0 Å². The van der Waals surface area contributed by atoms with Gasteiger partial charge >= 0.3 is 0 Å². The molecule has 4 nitrogen and oxygen atoms in total. The van der Waals surface area contributed by atoms with Gasteiger partial charge in [0.15, 0.2) is 0 Å². The van der Waals surface area contributed by atoms with Crippen LogP contribution in [0.25, 0.3) is 10.1 Å². The number of nitrogens with one attached hydrogen (secondary N) is 1. The summed E-state index contributed by atoms with van der Waals surface area (Å²) >= 11 is 1.27. The molecular formula is C15H18FNO3S. The number of amides is 1. The fraction of sp³-hybridized carbons (Fsp3) is 0.400. The lowest BCUT2D eigenvalue weighted by Crippen LogP contribution is -2.35. The topological polar surface area (TPSA) is 47.6 Å². The van der Waals surface area contributed by atoms with Gasteiger partial charge in [0.1, 0.15) is 5.82 Å². The summed E-state index contributed by atoms with van der Waals surface area (Å²) in [7, 11) is 3.10. The van der Waals surface area contributed by atoms with E-state index in [0.29, 0.717) is 22.4 Å². The summed E-state index contributed by atoms with van der Waals surface area (Å²) < 4.78 is 24.9. The number of halogens is 1. The second-order valence-electron chi connectivity index (χ2n) is 4.79. The molecule has 1 amide bonds. The fourth-order valence-corrected chi connectivity index (χ4v) is 3.34. The van der Waals surface area contributed by atoms with Crippen LogP contribution in [0.5, 0.6) is 0 Å². The van der Waals surface area contributed by atoms with Gasteiger partial charge in [-0.1, -0.05) is 6.07 Å². The molecular weight excluding hydrogens is 293 g/mol. The summed E-state index contributed by atoms with van der Waals surface area (Å²) in [5.74, 6) is -0.563. The molecule has 0 radical (unpaired) electrons. The van der Waals surface area contributed by atoms with Crippen LogP contribution in [0.4, 0.5) is 4.39 Å². The number of hydrogen-bond donors (Lipinski definition) is 1. The maximum absolute atomic E-state index is 14.0. The molecule has 0 aliphatic heterocycles. The van der Waals surface area contributed by atoms with Crippen molar-refractivity contribution in [3.05, 3.63) is 34.5 Å². The maximum atomic E-state index is 14.0. The average Bonchev–Trinajstić information content (AvgIpc) is 2.80. The third-order valence-corrected chi connectivity index (χ3v) is 4.25. The molecule has 0 aliphatic carbocycles. The smallest absolute Gasteiger partial charge is 0.262 e. The highest BCUT2D eigenvalue weighted by molar-refractivity contribution is 7.21. The van der Waals surface area contributed by atoms with Gasteiger partial charge in [0.05, 0.1) is 18.1 Å². The summed E-state index contributed by atoms with van der Waals surface area (Å²) in [6.07, 6.45) is 0. The zero-order valence-corrected chi connectivity index (χ0v) is 13.1. The average molecular weight is 311 g/mol. The Hall–Kier alpha value is -1.50. The van der Waals surface area contributed by atoms with E-state index in [0.717, 1.165) is 4.70 Å². The third-order valence-electron chi connectivity index (χ3n) is 3.05. The zero-order chi connectivity index (χ0) is 15.4. The lowest BCUT2D eigenvalue weighted by Gasteiger charge is -2.12. The fourth-order valence-electron chi connectivity index (χ4n) is 2.21. The molecule has 0 fully saturated rings. The predicted molar refractivity (Wildman–Crippen MR) is 81.3 cm³/mol. The molecule has 0 saturated carbocycles. The predicted octanol–water partition coefficient (Wildman–Crippen LogP) is 2.95. The van der Waals surface area contributed by atoms with Crippen molar-refractivity contribution in [3.63, 3.8) is 0 Å². The molecule has 6 heteroatoms. The Morgan fingerprint density at radius 1 is 1.38 bits per heavy atom. The van der Waals surface area contributed by atoms with Crippen molar-refractivity contribution in [1.82, 2.24) is 5.32 Å². The van der Waals surface area contributed by atoms with Gasteiger partial charge in [-0.25, -0.2) is 4.39 Å². The van der Waals surface area contributed by atoms with E-state index in [-0.39, 0.29) is 24.4 Å². The number of ether oxygens (including phenoxy) is 2. The normalized spacial score (nSPS) is 12.6. The van der Waals surface area contributed by atoms with E-state index in [1.165, 1.54) is 24.5 Å². The molecule has 1 aromatic carbocycles. The number of benzene rings is 1. The van der Waals surface area contributed by atoms with Crippen LogP contribution in [0.15, 0.2) is 18.2 Å². The minimum absolute atomic E-state index is 0.118. The summed E-state index contributed by atoms with van der Waals surface area (Å²) in [5.41, 5.74) is 0.595. The lowest BCUT2D eigenvalue weighted by atomic mass is 10.1. The molecule has 2 rings (SSSR count). The van der Waals surface area contributed by atoms with Crippen molar-refractivity contribution < 1.29 is 18.7 Å². The largest absolute Gasteiger partial charge is 0.383 e. The van der Waals surface area contributed by atoms with Crippen LogP contribution in [0.2, 0.25) is 0 Å². The summed E-state index contributed by atoms with van der Waals surface area (Å²) in [6.45, 7) is 2.47. The Morgan fingerprint density at radius 2 is 2.14 bits per heavy atom. The Morgan fingerprint density at radius 3 is 2.81 bits per heavy atom. The van der Waals surface area contributed by atoms with E-state index in [9.17, 15) is 9.18 Å². The molecule has 1 N–H and O–H groups in total. The van der Waals surface area contributed by atoms with E-state index in [1.54, 1.807) is 19.2 Å². The van der Waals surface area contributed by atoms with Crippen molar-refractivity contribution >= 4 is 27.3 Å². The van der Waals surface area contributed by atoms with Gasteiger partial charge in [-0.15, -0.1) is 11.3 Å². The van der Waals surface area contributed by atoms with Gasteiger partial charge in [0.2, 0.25) is 0 Å². The first-order valence-corrected chi connectivity index (χ1v) is 7.38. The van der Waals surface area contributed by atoms with Crippen molar-refractivity contribution in [3.8, 4) is 0 Å². The highest BCUT2D eigenvalue weighted by Gasteiger charge is 2.21. The number of carbonyl (C=O) groups is 1. The summed E-state index contributed by atoms with van der Waals surface area (Å²) in [4.78, 5) is 12.9. The lowest BCUT2D eigenvalue weighted by molar-refractivity contribution is 0.0905. The van der Waals surface area contributed by atoms with Crippen LogP contribution in [0.3, 0.4) is 0 Å². The maximum Gasteiger partial charge on any atom is 0.262 e. The summed E-state index contributed by atoms with van der Waals surface area (Å²) in [5, 5.41) is 3.31. The second-order valence-corrected chi connectivity index (χ2v) is 5.84. The van der Waals surface area contributed by atoms with E-state index >= 15 is 0 Å². The molecule has 1 heterocycles. The van der Waals surface area contributed by atoms with Crippen LogP contribution in [0.1, 0.15) is 22.2 Å². The van der Waals surface area contributed by atoms with Crippen molar-refractivity contribution in [1.29, 1.82) is 0 Å². The Balaban J connectivity index is 2.40. The number of thiophene rings is 1. The number of fused-ring (bicyclic) bond motifs is 1. The van der Waals surface area contributed by atoms with Gasteiger partial charge in [0.25, 0.3) is 5.91 Å². The molecule has 0 saturated heterocycles. The SMILES string of the molecule is COCc1c(C(=O)N[C@@H](C)COC)sc2cccc(F)c12. The first-order chi connectivity index (χ1) is 10.1. The van der Waals surface area contributed by atoms with Gasteiger partial charge in [0, 0.05) is 35.9 Å². The van der Waals surface area contributed by atoms with Gasteiger partial charge < -0.3 is 14.8 Å². The second kappa shape index (κ2) is 6.98. The Kier molecular flexibility index (Phi) is 5.27. The van der Waals surface area contributed by atoms with E-state index in [1.807, 2.05) is 6.92 Å². The quantitative estimate of drug-likeness (QED) is 0.892. The first-order valence-electron chi connectivity index (χ1n) is 6.57. The Labute approximate surface area is 126 Å². The Bertz CT molecular complexity index is 641. The van der Waals surface area contributed by atoms with Crippen LogP contribution >= 0.6 is 11.3 Å². The number of rotatable bonds is 6. The minimum Gasteiger partial charge on any atom is -0.383 e. The van der Waals surface area contributed by atoms with Crippen molar-refractivity contribution in [2.75, 3.05) is 20.8 Å². The monoisotopic (exact) mass is 311 g/mol. The highest BCUT2D eigenvalue weighted by Crippen LogP contribution is 2.33. The van der Waals surface area contributed by atoms with E-state index < -0.39 is 0 Å². The van der Waals surface area contributed by atoms with Crippen LogP contribution in [-0.4, -0.2) is 32.8 Å². The standard InChI is InChI=1S/C15H18FNO3S/c1-9(7-19-2)17-15(18)14-10(8-20-3)13-11(16)5-4-6-12(13)21-14/h4-6,9H,7-8H2,1-3H3,(H,17,18)/t9-/m0/s1. The van der Waals surface area contributed by atoms with Crippen LogP contribution in [-0.2, 0) is 16.1 Å². The molecule has 0 bridgehead atoms. The highest BCUT2D eigenvalue weighted by atomic mass is 32.1. The molecule has 2 aromatic rings. The summed E-state index contributed by atoms with van der Waals surface area (Å²) in [6, 6.07) is 4.72. The van der Waals surface area contributed by atoms with Gasteiger partial charge in [-0.05, 0) is 19.1 Å². The van der Waals surface area contributed by atoms with E-state index in [2.05, 4.69) is 5.32 Å². The molecule has 0 unspecified atom stereocenters. The molecule has 114 valence electrons. The first kappa shape index (κ1) is 15.9. The number of carbonyl (C=O) groups excluding carboxylic acids is 1. The molecule has 21 heavy (non-hydrogen) atoms. The zero-order valence-electron chi connectivity index (χ0n) is 12.2. The molecule has 1 atom stereocenters.